The van der Waals surface area contributed by atoms with Crippen LogP contribution in [0.5, 0.6) is 0 Å². The monoisotopic (exact) mass is 441 g/mol. The molecule has 0 aliphatic heterocycles. The Morgan fingerprint density at radius 1 is 1.32 bits per heavy atom. The van der Waals surface area contributed by atoms with E-state index in [0.29, 0.717) is 22.3 Å². The van der Waals surface area contributed by atoms with E-state index in [0.717, 1.165) is 25.7 Å². The fourth-order valence-corrected chi connectivity index (χ4v) is 5.90. The molecule has 2 aromatic rings. The molecule has 1 aliphatic rings. The molecule has 0 bridgehead atoms. The number of aromatic nitrogens is 1. The largest absolute Gasteiger partial charge is 0.342 e. The number of hydrogen-bond acceptors (Lipinski definition) is 5. The highest BCUT2D eigenvalue weighted by Crippen LogP contribution is 2.27. The minimum atomic E-state index is -3.80. The van der Waals surface area contributed by atoms with Gasteiger partial charge < -0.3 is 4.90 Å². The minimum absolute atomic E-state index is 0.0114. The molecule has 1 amide bonds. The number of carbonyl (C=O) groups is 1. The van der Waals surface area contributed by atoms with Crippen LogP contribution in [-0.2, 0) is 21.2 Å². The summed E-state index contributed by atoms with van der Waals surface area (Å²) < 4.78 is 27.8. The van der Waals surface area contributed by atoms with Crippen LogP contribution in [0.2, 0.25) is 5.02 Å². The molecular weight excluding hydrogens is 418 g/mol. The lowest BCUT2D eigenvalue weighted by atomic mass is 9.94. The number of rotatable bonds is 6. The topological polar surface area (TPSA) is 79.4 Å². The van der Waals surface area contributed by atoms with Gasteiger partial charge in [0.2, 0.25) is 5.91 Å². The van der Waals surface area contributed by atoms with Gasteiger partial charge in [-0.05, 0) is 37.5 Å². The number of likely N-dealkylation sites (N-methyl/N-ethyl adjacent to an activating group) is 1. The van der Waals surface area contributed by atoms with Crippen LogP contribution >= 0.6 is 22.9 Å². The highest BCUT2D eigenvalue weighted by atomic mass is 35.5. The van der Waals surface area contributed by atoms with Gasteiger partial charge in [-0.25, -0.2) is 13.4 Å². The zero-order chi connectivity index (χ0) is 20.3. The van der Waals surface area contributed by atoms with E-state index in [1.807, 2.05) is 11.9 Å². The number of thiazole rings is 1. The second-order valence-corrected chi connectivity index (χ2v) is 10.0. The number of carbonyl (C=O) groups excluding carboxylic acids is 1. The highest BCUT2D eigenvalue weighted by Gasteiger charge is 2.23. The molecule has 1 aromatic heterocycles. The number of nitrogens with one attached hydrogen (secondary N) is 1. The molecule has 3 rings (SSSR count). The minimum Gasteiger partial charge on any atom is -0.342 e. The average molecular weight is 442 g/mol. The Hall–Kier alpha value is -1.64. The summed E-state index contributed by atoms with van der Waals surface area (Å²) in [4.78, 5) is 18.8. The SMILES string of the molecule is Cc1c(Cl)cccc1S(=O)(=O)Nc1nc(CC(=O)N(C)C2CCCCC2)cs1. The number of amides is 1. The fourth-order valence-electron chi connectivity index (χ4n) is 3.44. The van der Waals surface area contributed by atoms with Crippen molar-refractivity contribution >= 4 is 44.0 Å². The molecule has 1 aliphatic carbocycles. The Labute approximate surface area is 175 Å². The lowest BCUT2D eigenvalue weighted by Gasteiger charge is -2.31. The number of anilines is 1. The van der Waals surface area contributed by atoms with E-state index in [1.54, 1.807) is 24.4 Å². The number of sulfonamides is 1. The number of halogens is 1. The van der Waals surface area contributed by atoms with Gasteiger partial charge >= 0.3 is 0 Å². The summed E-state index contributed by atoms with van der Waals surface area (Å²) in [5.74, 6) is 0.0114. The zero-order valence-electron chi connectivity index (χ0n) is 15.9. The van der Waals surface area contributed by atoms with E-state index in [-0.39, 0.29) is 22.4 Å². The van der Waals surface area contributed by atoms with Gasteiger partial charge in [0.1, 0.15) is 0 Å². The molecule has 0 unspecified atom stereocenters. The highest BCUT2D eigenvalue weighted by molar-refractivity contribution is 7.93. The molecule has 1 fully saturated rings. The summed E-state index contributed by atoms with van der Waals surface area (Å²) in [7, 11) is -1.95. The van der Waals surface area contributed by atoms with Gasteiger partial charge in [-0.15, -0.1) is 11.3 Å². The molecule has 1 heterocycles. The normalized spacial score (nSPS) is 15.4. The summed E-state index contributed by atoms with van der Waals surface area (Å²) in [6.07, 6.45) is 5.82. The van der Waals surface area contributed by atoms with Crippen LogP contribution in [0.3, 0.4) is 0 Å². The summed E-state index contributed by atoms with van der Waals surface area (Å²) in [6.45, 7) is 1.66. The molecule has 1 saturated carbocycles. The predicted molar refractivity (Wildman–Crippen MR) is 112 cm³/mol. The molecular formula is C19H24ClN3O3S2. The van der Waals surface area contributed by atoms with Crippen molar-refractivity contribution in [2.75, 3.05) is 11.8 Å². The van der Waals surface area contributed by atoms with Crippen molar-refractivity contribution in [3.05, 3.63) is 39.9 Å². The lowest BCUT2D eigenvalue weighted by Crippen LogP contribution is -2.39. The summed E-state index contributed by atoms with van der Waals surface area (Å²) in [5, 5.41) is 2.34. The molecule has 0 saturated heterocycles. The second-order valence-electron chi connectivity index (χ2n) is 7.09. The maximum Gasteiger partial charge on any atom is 0.263 e. The van der Waals surface area contributed by atoms with E-state index < -0.39 is 10.0 Å². The van der Waals surface area contributed by atoms with E-state index >= 15 is 0 Å². The van der Waals surface area contributed by atoms with Crippen LogP contribution in [0, 0.1) is 6.92 Å². The molecule has 0 radical (unpaired) electrons. The standard InChI is InChI=1S/C19H24ClN3O3S2/c1-13-16(20)9-6-10-17(13)28(25,26)22-19-21-14(12-27-19)11-18(24)23(2)15-7-4-3-5-8-15/h6,9-10,12,15H,3-5,7-8,11H2,1-2H3,(H,21,22). The molecule has 6 nitrogen and oxygen atoms in total. The lowest BCUT2D eigenvalue weighted by molar-refractivity contribution is -0.131. The first kappa shape index (κ1) is 21.1. The Balaban J connectivity index is 1.66. The molecule has 152 valence electrons. The van der Waals surface area contributed by atoms with E-state index in [1.165, 1.54) is 23.8 Å². The number of hydrogen-bond donors (Lipinski definition) is 1. The zero-order valence-corrected chi connectivity index (χ0v) is 18.3. The van der Waals surface area contributed by atoms with Crippen molar-refractivity contribution in [2.45, 2.75) is 56.4 Å². The van der Waals surface area contributed by atoms with E-state index in [9.17, 15) is 13.2 Å². The van der Waals surface area contributed by atoms with Crippen molar-refractivity contribution in [3.63, 3.8) is 0 Å². The maximum atomic E-state index is 12.6. The Kier molecular flexibility index (Phi) is 6.62. The third-order valence-electron chi connectivity index (χ3n) is 5.13. The third-order valence-corrected chi connectivity index (χ3v) is 7.96. The van der Waals surface area contributed by atoms with Crippen LogP contribution < -0.4 is 4.72 Å². The smallest absolute Gasteiger partial charge is 0.263 e. The molecule has 28 heavy (non-hydrogen) atoms. The Morgan fingerprint density at radius 3 is 2.75 bits per heavy atom. The van der Waals surface area contributed by atoms with Gasteiger partial charge in [0.05, 0.1) is 17.0 Å². The third kappa shape index (κ3) is 4.85. The van der Waals surface area contributed by atoms with Crippen molar-refractivity contribution in [3.8, 4) is 0 Å². The van der Waals surface area contributed by atoms with Crippen LogP contribution in [0.4, 0.5) is 5.13 Å². The predicted octanol–water partition coefficient (Wildman–Crippen LogP) is 4.24. The Bertz CT molecular complexity index is 953. The summed E-state index contributed by atoms with van der Waals surface area (Å²) in [6, 6.07) is 5.03. The first-order valence-electron chi connectivity index (χ1n) is 9.26. The maximum absolute atomic E-state index is 12.6. The molecule has 9 heteroatoms. The number of nitrogens with zero attached hydrogens (tertiary/aromatic N) is 2. The van der Waals surface area contributed by atoms with Gasteiger partial charge in [0.15, 0.2) is 5.13 Å². The summed E-state index contributed by atoms with van der Waals surface area (Å²) >= 11 is 7.20. The van der Waals surface area contributed by atoms with Gasteiger partial charge in [0.25, 0.3) is 10.0 Å². The van der Waals surface area contributed by atoms with E-state index in [2.05, 4.69) is 9.71 Å². The van der Waals surface area contributed by atoms with E-state index in [4.69, 9.17) is 11.6 Å². The van der Waals surface area contributed by atoms with Crippen LogP contribution in [0.1, 0.15) is 43.4 Å². The van der Waals surface area contributed by atoms with Gasteiger partial charge in [-0.3, -0.25) is 9.52 Å². The first-order chi connectivity index (χ1) is 13.3. The molecule has 1 aromatic carbocycles. The van der Waals surface area contributed by atoms with Crippen LogP contribution in [-0.4, -0.2) is 37.3 Å². The van der Waals surface area contributed by atoms with Crippen molar-refractivity contribution in [1.82, 2.24) is 9.88 Å². The van der Waals surface area contributed by atoms with Crippen molar-refractivity contribution in [2.24, 2.45) is 0 Å². The van der Waals surface area contributed by atoms with Gasteiger partial charge in [-0.1, -0.05) is 36.9 Å². The molecule has 0 atom stereocenters. The average Bonchev–Trinajstić information content (AvgIpc) is 3.09. The molecule has 1 N–H and O–H groups in total. The van der Waals surface area contributed by atoms with Gasteiger partial charge in [0, 0.05) is 23.5 Å². The number of benzene rings is 1. The fraction of sp³-hybridized carbons (Fsp3) is 0.474. The van der Waals surface area contributed by atoms with Gasteiger partial charge in [-0.2, -0.15) is 0 Å². The first-order valence-corrected chi connectivity index (χ1v) is 12.0. The molecule has 0 spiro atoms. The Morgan fingerprint density at radius 2 is 2.04 bits per heavy atom. The van der Waals surface area contributed by atoms with Crippen LogP contribution in [0.15, 0.2) is 28.5 Å². The van der Waals surface area contributed by atoms with Crippen LogP contribution in [0.25, 0.3) is 0 Å². The quantitative estimate of drug-likeness (QED) is 0.727. The summed E-state index contributed by atoms with van der Waals surface area (Å²) in [5.41, 5.74) is 1.05. The second kappa shape index (κ2) is 8.80. The van der Waals surface area contributed by atoms with Crippen molar-refractivity contribution < 1.29 is 13.2 Å². The van der Waals surface area contributed by atoms with Crippen molar-refractivity contribution in [1.29, 1.82) is 0 Å².